The van der Waals surface area contributed by atoms with Crippen molar-refractivity contribution in [3.8, 4) is 0 Å². The molecule has 0 amide bonds. The highest BCUT2D eigenvalue weighted by Crippen LogP contribution is 2.29. The average molecular weight is 287 g/mol. The summed E-state index contributed by atoms with van der Waals surface area (Å²) in [4.78, 5) is 23.8. The maximum Gasteiger partial charge on any atom is 0.272 e. The molecule has 5 nitrogen and oxygen atoms in total. The Hall–Kier alpha value is -2.04. The predicted molar refractivity (Wildman–Crippen MR) is 84.8 cm³/mol. The highest BCUT2D eigenvalue weighted by atomic mass is 16.1. The molecule has 1 aromatic heterocycles. The van der Waals surface area contributed by atoms with Crippen molar-refractivity contribution in [1.82, 2.24) is 10.2 Å². The maximum absolute atomic E-state index is 12.0. The molecule has 1 saturated carbocycles. The number of hydrogen-bond acceptors (Lipinski definition) is 3. The Balaban J connectivity index is 1.86. The lowest BCUT2D eigenvalue weighted by molar-refractivity contribution is 0.293. The van der Waals surface area contributed by atoms with E-state index < -0.39 is 0 Å². The fraction of sp³-hybridized carbons (Fsp3) is 0.500. The highest BCUT2D eigenvalue weighted by Gasteiger charge is 2.19. The first kappa shape index (κ1) is 13.9. The number of fused-ring (bicyclic) bond motifs is 1. The summed E-state index contributed by atoms with van der Waals surface area (Å²) in [6.45, 7) is 3.16. The molecule has 21 heavy (non-hydrogen) atoms. The van der Waals surface area contributed by atoms with Crippen LogP contribution in [-0.2, 0) is 0 Å². The number of anilines is 1. The summed E-state index contributed by atoms with van der Waals surface area (Å²) in [6, 6.07) is 5.35. The molecule has 0 radical (unpaired) electrons. The lowest BCUT2D eigenvalue weighted by Crippen LogP contribution is -2.23. The van der Waals surface area contributed by atoms with Gasteiger partial charge in [0.15, 0.2) is 0 Å². The SMILES string of the molecule is CC1CCCC(CNc2cccc3c(=O)[nH][nH]c(=O)c23)C1. The normalized spacial score (nSPS) is 22.3. The van der Waals surface area contributed by atoms with Crippen molar-refractivity contribution in [3.63, 3.8) is 0 Å². The van der Waals surface area contributed by atoms with Gasteiger partial charge in [0.1, 0.15) is 0 Å². The zero-order valence-corrected chi connectivity index (χ0v) is 12.2. The van der Waals surface area contributed by atoms with Gasteiger partial charge in [0.05, 0.1) is 10.8 Å². The van der Waals surface area contributed by atoms with Crippen molar-refractivity contribution in [2.45, 2.75) is 32.6 Å². The largest absolute Gasteiger partial charge is 0.384 e. The second-order valence-electron chi connectivity index (χ2n) is 6.16. The molecule has 1 fully saturated rings. The van der Waals surface area contributed by atoms with Crippen molar-refractivity contribution in [2.75, 3.05) is 11.9 Å². The number of nitrogens with one attached hydrogen (secondary N) is 3. The van der Waals surface area contributed by atoms with Crippen LogP contribution < -0.4 is 16.4 Å². The molecule has 0 aliphatic heterocycles. The fourth-order valence-corrected chi connectivity index (χ4v) is 3.38. The number of rotatable bonds is 3. The Kier molecular flexibility index (Phi) is 3.82. The lowest BCUT2D eigenvalue weighted by Gasteiger charge is -2.27. The number of aromatic nitrogens is 2. The van der Waals surface area contributed by atoms with Gasteiger partial charge in [0.2, 0.25) is 0 Å². The van der Waals surface area contributed by atoms with Gasteiger partial charge in [-0.3, -0.25) is 19.8 Å². The lowest BCUT2D eigenvalue weighted by atomic mass is 9.82. The summed E-state index contributed by atoms with van der Waals surface area (Å²) in [5, 5.41) is 9.01. The van der Waals surface area contributed by atoms with Crippen LogP contribution >= 0.6 is 0 Å². The van der Waals surface area contributed by atoms with E-state index in [4.69, 9.17) is 0 Å². The molecule has 2 unspecified atom stereocenters. The van der Waals surface area contributed by atoms with Crippen LogP contribution in [0.4, 0.5) is 5.69 Å². The summed E-state index contributed by atoms with van der Waals surface area (Å²) in [5.74, 6) is 1.43. The van der Waals surface area contributed by atoms with Crippen LogP contribution in [0.1, 0.15) is 32.6 Å². The molecular weight excluding hydrogens is 266 g/mol. The van der Waals surface area contributed by atoms with Crippen molar-refractivity contribution < 1.29 is 0 Å². The second-order valence-corrected chi connectivity index (χ2v) is 6.16. The van der Waals surface area contributed by atoms with Crippen LogP contribution in [0.3, 0.4) is 0 Å². The summed E-state index contributed by atoms with van der Waals surface area (Å²) in [7, 11) is 0. The molecule has 1 aromatic carbocycles. The van der Waals surface area contributed by atoms with Crippen LogP contribution in [0.25, 0.3) is 10.8 Å². The van der Waals surface area contributed by atoms with E-state index in [0.717, 1.165) is 18.2 Å². The van der Waals surface area contributed by atoms with Gasteiger partial charge in [-0.1, -0.05) is 25.8 Å². The summed E-state index contributed by atoms with van der Waals surface area (Å²) in [6.07, 6.45) is 5.07. The van der Waals surface area contributed by atoms with E-state index in [9.17, 15) is 9.59 Å². The van der Waals surface area contributed by atoms with Crippen molar-refractivity contribution in [2.24, 2.45) is 11.8 Å². The van der Waals surface area contributed by atoms with Gasteiger partial charge in [-0.05, 0) is 36.8 Å². The summed E-state index contributed by atoms with van der Waals surface area (Å²) in [5.41, 5.74) is 0.224. The molecule has 2 atom stereocenters. The molecule has 0 bridgehead atoms. The average Bonchev–Trinajstić information content (AvgIpc) is 2.49. The predicted octanol–water partition coefficient (Wildman–Crippen LogP) is 2.45. The van der Waals surface area contributed by atoms with E-state index in [1.165, 1.54) is 25.7 Å². The van der Waals surface area contributed by atoms with Crippen LogP contribution in [0.5, 0.6) is 0 Å². The molecular formula is C16H21N3O2. The molecule has 3 N–H and O–H groups in total. The molecule has 5 heteroatoms. The van der Waals surface area contributed by atoms with E-state index in [0.29, 0.717) is 16.7 Å². The standard InChI is InChI=1S/C16H21N3O2/c1-10-4-2-5-11(8-10)9-17-13-7-3-6-12-14(13)16(21)19-18-15(12)20/h3,6-7,10-11,17H,2,4-5,8-9H2,1H3,(H,18,20)(H,19,21). The van der Waals surface area contributed by atoms with Crippen molar-refractivity contribution >= 4 is 16.5 Å². The third kappa shape index (κ3) is 2.86. The van der Waals surface area contributed by atoms with E-state index >= 15 is 0 Å². The number of benzene rings is 1. The molecule has 112 valence electrons. The third-order valence-electron chi connectivity index (χ3n) is 4.45. The quantitative estimate of drug-likeness (QED) is 0.811. The minimum absolute atomic E-state index is 0.260. The van der Waals surface area contributed by atoms with E-state index in [1.54, 1.807) is 6.07 Å². The van der Waals surface area contributed by atoms with Crippen molar-refractivity contribution in [3.05, 3.63) is 38.9 Å². The second kappa shape index (κ2) is 5.76. The van der Waals surface area contributed by atoms with Gasteiger partial charge >= 0.3 is 0 Å². The van der Waals surface area contributed by atoms with Crippen molar-refractivity contribution in [1.29, 1.82) is 0 Å². The summed E-state index contributed by atoms with van der Waals surface area (Å²) >= 11 is 0. The molecule has 1 aliphatic rings. The molecule has 1 aliphatic carbocycles. The Labute approximate surface area is 122 Å². The van der Waals surface area contributed by atoms with E-state index in [1.807, 2.05) is 12.1 Å². The number of aromatic amines is 2. The van der Waals surface area contributed by atoms with Gasteiger partial charge in [0.25, 0.3) is 11.1 Å². The first-order valence-corrected chi connectivity index (χ1v) is 7.62. The van der Waals surface area contributed by atoms with Gasteiger partial charge in [-0.15, -0.1) is 0 Å². The smallest absolute Gasteiger partial charge is 0.272 e. The van der Waals surface area contributed by atoms with Gasteiger partial charge in [-0.2, -0.15) is 0 Å². The highest BCUT2D eigenvalue weighted by molar-refractivity contribution is 5.92. The fourth-order valence-electron chi connectivity index (χ4n) is 3.38. The van der Waals surface area contributed by atoms with Gasteiger partial charge in [-0.25, -0.2) is 0 Å². The van der Waals surface area contributed by atoms with E-state index in [-0.39, 0.29) is 11.1 Å². The zero-order chi connectivity index (χ0) is 14.8. The molecule has 3 rings (SSSR count). The minimum atomic E-state index is -0.264. The molecule has 1 heterocycles. The van der Waals surface area contributed by atoms with Crippen LogP contribution in [0.2, 0.25) is 0 Å². The number of H-pyrrole nitrogens is 2. The monoisotopic (exact) mass is 287 g/mol. The molecule has 0 saturated heterocycles. The Morgan fingerprint density at radius 3 is 2.81 bits per heavy atom. The Morgan fingerprint density at radius 1 is 1.19 bits per heavy atom. The third-order valence-corrected chi connectivity index (χ3v) is 4.45. The first-order chi connectivity index (χ1) is 10.1. The Bertz CT molecular complexity index is 747. The van der Waals surface area contributed by atoms with E-state index in [2.05, 4.69) is 22.4 Å². The van der Waals surface area contributed by atoms with Crippen LogP contribution in [-0.4, -0.2) is 16.7 Å². The maximum atomic E-state index is 12.0. The van der Waals surface area contributed by atoms with Gasteiger partial charge < -0.3 is 5.32 Å². The van der Waals surface area contributed by atoms with Crippen LogP contribution in [0, 0.1) is 11.8 Å². The topological polar surface area (TPSA) is 77.8 Å². The van der Waals surface area contributed by atoms with Gasteiger partial charge in [0, 0.05) is 12.2 Å². The molecule has 2 aromatic rings. The molecule has 0 spiro atoms. The number of hydrogen-bond donors (Lipinski definition) is 3. The summed E-state index contributed by atoms with van der Waals surface area (Å²) < 4.78 is 0. The van der Waals surface area contributed by atoms with Crippen LogP contribution in [0.15, 0.2) is 27.8 Å². The minimum Gasteiger partial charge on any atom is -0.384 e. The zero-order valence-electron chi connectivity index (χ0n) is 12.2. The Morgan fingerprint density at radius 2 is 2.00 bits per heavy atom. The first-order valence-electron chi connectivity index (χ1n) is 7.62.